The first-order valence-electron chi connectivity index (χ1n) is 10.2. The third kappa shape index (κ3) is 6.55. The number of hydrogen-bond donors (Lipinski definition) is 2. The van der Waals surface area contributed by atoms with Crippen molar-refractivity contribution in [2.75, 3.05) is 34.4 Å². The van der Waals surface area contributed by atoms with Crippen molar-refractivity contribution in [1.82, 2.24) is 19.8 Å². The molecule has 1 saturated heterocycles. The van der Waals surface area contributed by atoms with Crippen LogP contribution in [0.3, 0.4) is 0 Å². The molecule has 2 amide bonds. The van der Waals surface area contributed by atoms with Crippen LogP contribution in [0.25, 0.3) is 11.4 Å². The van der Waals surface area contributed by atoms with E-state index in [9.17, 15) is 9.59 Å². The highest BCUT2D eigenvalue weighted by Gasteiger charge is 2.37. The molecule has 178 valence electrons. The Kier molecular flexibility index (Phi) is 8.98. The number of nitrogens with zero attached hydrogens (tertiary/aromatic N) is 4. The number of hydrogen-bond acceptors (Lipinski definition) is 7. The fraction of sp³-hybridized carbons (Fsp3) is 0.409. The second-order valence-corrected chi connectivity index (χ2v) is 7.91. The summed E-state index contributed by atoms with van der Waals surface area (Å²) in [6.45, 7) is 0.813. The Morgan fingerprint density at radius 1 is 1.21 bits per heavy atom. The van der Waals surface area contributed by atoms with Crippen LogP contribution >= 0.6 is 12.4 Å². The van der Waals surface area contributed by atoms with Gasteiger partial charge in [0.25, 0.3) is 0 Å². The van der Waals surface area contributed by atoms with E-state index >= 15 is 0 Å². The summed E-state index contributed by atoms with van der Waals surface area (Å²) in [6.07, 6.45) is 3.97. The molecule has 0 radical (unpaired) electrons. The Morgan fingerprint density at radius 2 is 1.85 bits per heavy atom. The summed E-state index contributed by atoms with van der Waals surface area (Å²) < 4.78 is 10.7. The number of nitrogens with one attached hydrogen (secondary N) is 1. The van der Waals surface area contributed by atoms with E-state index in [-0.39, 0.29) is 48.6 Å². The van der Waals surface area contributed by atoms with E-state index in [2.05, 4.69) is 9.97 Å². The highest BCUT2D eigenvalue weighted by molar-refractivity contribution is 5.94. The van der Waals surface area contributed by atoms with Gasteiger partial charge < -0.3 is 25.0 Å². The van der Waals surface area contributed by atoms with Gasteiger partial charge in [-0.2, -0.15) is 0 Å². The van der Waals surface area contributed by atoms with Crippen molar-refractivity contribution in [1.29, 1.82) is 5.41 Å². The summed E-state index contributed by atoms with van der Waals surface area (Å²) >= 11 is 0. The van der Waals surface area contributed by atoms with E-state index in [0.29, 0.717) is 36.7 Å². The smallest absolute Gasteiger partial charge is 0.319 e. The van der Waals surface area contributed by atoms with Crippen molar-refractivity contribution in [3.8, 4) is 17.1 Å². The molecule has 2 heterocycles. The summed E-state index contributed by atoms with van der Waals surface area (Å²) in [5, 5.41) is 7.41. The minimum absolute atomic E-state index is 0. The number of halogens is 1. The lowest BCUT2D eigenvalue weighted by atomic mass is 10.0. The van der Waals surface area contributed by atoms with Gasteiger partial charge in [-0.25, -0.2) is 14.8 Å². The molecule has 33 heavy (non-hydrogen) atoms. The molecule has 0 spiro atoms. The minimum atomic E-state index is -0.275. The fourth-order valence-corrected chi connectivity index (χ4v) is 3.64. The molecule has 1 aliphatic rings. The SMILES string of the molecule is COC(=O)C[C@@H]1C[C@@H](COc2ccc(-c3ncc(C(=N)N)cn3)cc2)N(C(=O)N(C)C)C1.Cl. The minimum Gasteiger partial charge on any atom is -0.491 e. The molecule has 0 aliphatic carbocycles. The molecule has 10 nitrogen and oxygen atoms in total. The number of methoxy groups -OCH3 is 1. The predicted molar refractivity (Wildman–Crippen MR) is 126 cm³/mol. The first kappa shape index (κ1) is 25.9. The third-order valence-corrected chi connectivity index (χ3v) is 5.33. The van der Waals surface area contributed by atoms with Gasteiger partial charge in [-0.1, -0.05) is 0 Å². The van der Waals surface area contributed by atoms with Gasteiger partial charge in [0.2, 0.25) is 0 Å². The predicted octanol–water partition coefficient (Wildman–Crippen LogP) is 2.16. The molecule has 2 aromatic rings. The van der Waals surface area contributed by atoms with E-state index in [1.165, 1.54) is 24.4 Å². The Hall–Kier alpha value is -3.40. The van der Waals surface area contributed by atoms with Gasteiger partial charge in [0.1, 0.15) is 18.2 Å². The maximum Gasteiger partial charge on any atom is 0.319 e. The van der Waals surface area contributed by atoms with E-state index in [1.54, 1.807) is 19.0 Å². The van der Waals surface area contributed by atoms with Crippen LogP contribution < -0.4 is 10.5 Å². The topological polar surface area (TPSA) is 135 Å². The van der Waals surface area contributed by atoms with E-state index in [0.717, 1.165) is 5.56 Å². The number of amides is 2. The number of benzene rings is 1. The average Bonchev–Trinajstić information content (AvgIpc) is 3.19. The van der Waals surface area contributed by atoms with Crippen LogP contribution in [0.15, 0.2) is 36.7 Å². The lowest BCUT2D eigenvalue weighted by Gasteiger charge is -2.27. The number of urea groups is 1. The normalized spacial score (nSPS) is 17.1. The van der Waals surface area contributed by atoms with Gasteiger partial charge in [0.15, 0.2) is 5.82 Å². The summed E-state index contributed by atoms with van der Waals surface area (Å²) in [5.41, 5.74) is 6.70. The van der Waals surface area contributed by atoms with Gasteiger partial charge in [-0.15, -0.1) is 12.4 Å². The number of ether oxygens (including phenoxy) is 2. The number of rotatable bonds is 7. The van der Waals surface area contributed by atoms with E-state index < -0.39 is 0 Å². The number of likely N-dealkylation sites (tertiary alicyclic amines) is 1. The van der Waals surface area contributed by atoms with Crippen molar-refractivity contribution < 1.29 is 19.1 Å². The highest BCUT2D eigenvalue weighted by atomic mass is 35.5. The molecule has 1 aromatic heterocycles. The van der Waals surface area contributed by atoms with Crippen LogP contribution in [-0.2, 0) is 9.53 Å². The van der Waals surface area contributed by atoms with Gasteiger partial charge in [0, 0.05) is 38.6 Å². The number of esters is 1. The molecule has 3 rings (SSSR count). The molecule has 0 unspecified atom stereocenters. The molecule has 3 N–H and O–H groups in total. The van der Waals surface area contributed by atoms with Gasteiger partial charge in [-0.3, -0.25) is 10.2 Å². The largest absolute Gasteiger partial charge is 0.491 e. The Bertz CT molecular complexity index is 968. The van der Waals surface area contributed by atoms with Crippen molar-refractivity contribution >= 4 is 30.2 Å². The first-order chi connectivity index (χ1) is 15.3. The number of nitrogens with two attached hydrogens (primary N) is 1. The molecule has 1 fully saturated rings. The molecule has 1 aliphatic heterocycles. The number of aromatic nitrogens is 2. The molecule has 0 bridgehead atoms. The van der Waals surface area contributed by atoms with Crippen molar-refractivity contribution in [3.05, 3.63) is 42.2 Å². The zero-order valence-electron chi connectivity index (χ0n) is 18.9. The van der Waals surface area contributed by atoms with Crippen molar-refractivity contribution in [2.45, 2.75) is 18.9 Å². The standard InChI is InChI=1S/C22H28N6O4.ClH/c1-27(2)22(30)28-12-14(9-19(29)31-3)8-17(28)13-32-18-6-4-15(5-7-18)21-25-10-16(11-26-21)20(23)24;/h4-7,10-11,14,17H,8-9,12-13H2,1-3H3,(H3,23,24);1H/t14-,17-;/m0./s1. The van der Waals surface area contributed by atoms with Crippen LogP contribution in [0, 0.1) is 11.3 Å². The zero-order chi connectivity index (χ0) is 23.3. The van der Waals surface area contributed by atoms with E-state index in [1.807, 2.05) is 24.3 Å². The van der Waals surface area contributed by atoms with Gasteiger partial charge in [-0.05, 0) is 36.6 Å². The maximum atomic E-state index is 12.6. The van der Waals surface area contributed by atoms with Crippen molar-refractivity contribution in [3.63, 3.8) is 0 Å². The molecular weight excluding hydrogens is 448 g/mol. The number of carbonyl (C=O) groups excluding carboxylic acids is 2. The molecule has 11 heteroatoms. The highest BCUT2D eigenvalue weighted by Crippen LogP contribution is 2.28. The van der Waals surface area contributed by atoms with E-state index in [4.69, 9.17) is 20.6 Å². The molecule has 0 saturated carbocycles. The second kappa shape index (κ2) is 11.5. The zero-order valence-corrected chi connectivity index (χ0v) is 19.7. The first-order valence-corrected chi connectivity index (χ1v) is 10.2. The maximum absolute atomic E-state index is 12.6. The van der Waals surface area contributed by atoms with Crippen LogP contribution in [0.2, 0.25) is 0 Å². The lowest BCUT2D eigenvalue weighted by Crippen LogP contribution is -2.44. The van der Waals surface area contributed by atoms with Crippen LogP contribution in [-0.4, -0.2) is 78.0 Å². The second-order valence-electron chi connectivity index (χ2n) is 7.91. The molecule has 2 atom stereocenters. The summed E-state index contributed by atoms with van der Waals surface area (Å²) in [7, 11) is 4.78. The third-order valence-electron chi connectivity index (χ3n) is 5.33. The summed E-state index contributed by atoms with van der Waals surface area (Å²) in [6, 6.07) is 7.08. The molecular formula is C22H29ClN6O4. The molecule has 1 aromatic carbocycles. The summed E-state index contributed by atoms with van der Waals surface area (Å²) in [4.78, 5) is 36.0. The van der Waals surface area contributed by atoms with Crippen LogP contribution in [0.1, 0.15) is 18.4 Å². The monoisotopic (exact) mass is 476 g/mol. The number of carbonyl (C=O) groups is 2. The average molecular weight is 477 g/mol. The summed E-state index contributed by atoms with van der Waals surface area (Å²) in [5.74, 6) is 0.858. The number of nitrogen functional groups attached to an aromatic ring is 1. The van der Waals surface area contributed by atoms with Gasteiger partial charge in [0.05, 0.1) is 25.1 Å². The Balaban J connectivity index is 0.00000385. The number of amidine groups is 1. The van der Waals surface area contributed by atoms with Gasteiger partial charge >= 0.3 is 12.0 Å². The van der Waals surface area contributed by atoms with Crippen LogP contribution in [0.5, 0.6) is 5.75 Å². The fourth-order valence-electron chi connectivity index (χ4n) is 3.64. The lowest BCUT2D eigenvalue weighted by molar-refractivity contribution is -0.141. The Morgan fingerprint density at radius 3 is 2.39 bits per heavy atom. The Labute approximate surface area is 199 Å². The van der Waals surface area contributed by atoms with Crippen molar-refractivity contribution in [2.24, 2.45) is 11.7 Å². The van der Waals surface area contributed by atoms with Crippen LogP contribution in [0.4, 0.5) is 4.79 Å². The quantitative estimate of drug-likeness (QED) is 0.355.